The third kappa shape index (κ3) is 1.83. The monoisotopic (exact) mass is 197 g/mol. The van der Waals surface area contributed by atoms with Crippen LogP contribution in [0.25, 0.3) is 0 Å². The lowest BCUT2D eigenvalue weighted by atomic mass is 10.1. The van der Waals surface area contributed by atoms with Crippen molar-refractivity contribution in [2.24, 2.45) is 5.41 Å². The Balaban J connectivity index is 1.94. The van der Waals surface area contributed by atoms with E-state index in [1.165, 1.54) is 43.1 Å². The predicted octanol–water partition coefficient (Wildman–Crippen LogP) is 2.32. The van der Waals surface area contributed by atoms with Crippen LogP contribution >= 0.6 is 10.5 Å². The van der Waals surface area contributed by atoms with Crippen molar-refractivity contribution < 1.29 is 0 Å². The SMILES string of the molecule is C=C(N1CCS(=C)CC1)C1(C)CC1. The van der Waals surface area contributed by atoms with Gasteiger partial charge in [-0.25, -0.2) is 0 Å². The number of rotatable bonds is 2. The fourth-order valence-electron chi connectivity index (χ4n) is 1.82. The lowest BCUT2D eigenvalue weighted by Gasteiger charge is -2.34. The maximum atomic E-state index is 4.25. The topological polar surface area (TPSA) is 3.24 Å². The Morgan fingerprint density at radius 2 is 1.85 bits per heavy atom. The molecule has 2 fully saturated rings. The fourth-order valence-corrected chi connectivity index (χ4v) is 2.98. The molecule has 0 atom stereocenters. The van der Waals surface area contributed by atoms with E-state index in [9.17, 15) is 0 Å². The van der Waals surface area contributed by atoms with Crippen molar-refractivity contribution in [3.8, 4) is 0 Å². The lowest BCUT2D eigenvalue weighted by molar-refractivity contribution is 0.329. The molecule has 0 amide bonds. The van der Waals surface area contributed by atoms with E-state index in [1.807, 2.05) is 0 Å². The highest BCUT2D eigenvalue weighted by molar-refractivity contribution is 8.14. The quantitative estimate of drug-likeness (QED) is 0.614. The van der Waals surface area contributed by atoms with Gasteiger partial charge >= 0.3 is 0 Å². The minimum atomic E-state index is 0.433. The molecule has 2 aliphatic rings. The molecule has 2 rings (SSSR count). The van der Waals surface area contributed by atoms with Gasteiger partial charge in [0.15, 0.2) is 0 Å². The van der Waals surface area contributed by atoms with E-state index < -0.39 is 0 Å². The van der Waals surface area contributed by atoms with Crippen molar-refractivity contribution in [2.45, 2.75) is 19.8 Å². The Morgan fingerprint density at radius 3 is 2.31 bits per heavy atom. The van der Waals surface area contributed by atoms with Crippen molar-refractivity contribution in [3.63, 3.8) is 0 Å². The third-order valence-electron chi connectivity index (χ3n) is 3.38. The van der Waals surface area contributed by atoms with E-state index in [2.05, 4.69) is 24.3 Å². The summed E-state index contributed by atoms with van der Waals surface area (Å²) in [5.41, 5.74) is 1.86. The molecule has 0 bridgehead atoms. The first-order valence-electron chi connectivity index (χ1n) is 5.03. The zero-order valence-electron chi connectivity index (χ0n) is 8.51. The number of hydrogen-bond donors (Lipinski definition) is 0. The van der Waals surface area contributed by atoms with Gasteiger partial charge in [0.25, 0.3) is 0 Å². The van der Waals surface area contributed by atoms with Gasteiger partial charge in [-0.05, 0) is 12.8 Å². The van der Waals surface area contributed by atoms with E-state index in [-0.39, 0.29) is 0 Å². The van der Waals surface area contributed by atoms with Crippen LogP contribution in [0.15, 0.2) is 12.3 Å². The van der Waals surface area contributed by atoms with E-state index in [1.54, 1.807) is 0 Å². The van der Waals surface area contributed by atoms with Gasteiger partial charge in [-0.15, -0.1) is 0 Å². The average molecular weight is 197 g/mol. The molecule has 0 aromatic carbocycles. The molecule has 13 heavy (non-hydrogen) atoms. The van der Waals surface area contributed by atoms with Crippen LogP contribution in [0.4, 0.5) is 0 Å². The molecule has 1 aliphatic carbocycles. The van der Waals surface area contributed by atoms with Crippen molar-refractivity contribution in [3.05, 3.63) is 12.3 Å². The summed E-state index contributed by atoms with van der Waals surface area (Å²) in [5.74, 6) is 6.69. The van der Waals surface area contributed by atoms with Crippen LogP contribution in [0.5, 0.6) is 0 Å². The predicted molar refractivity (Wildman–Crippen MR) is 62.5 cm³/mol. The zero-order valence-corrected chi connectivity index (χ0v) is 9.33. The molecule has 0 spiro atoms. The van der Waals surface area contributed by atoms with Crippen LogP contribution in [-0.4, -0.2) is 35.4 Å². The van der Waals surface area contributed by atoms with E-state index in [4.69, 9.17) is 0 Å². The summed E-state index contributed by atoms with van der Waals surface area (Å²) in [6, 6.07) is 0. The highest BCUT2D eigenvalue weighted by atomic mass is 32.2. The minimum Gasteiger partial charge on any atom is -0.373 e. The first kappa shape index (κ1) is 9.32. The molecule has 1 saturated heterocycles. The molecule has 0 aromatic rings. The van der Waals surface area contributed by atoms with Gasteiger partial charge in [0.2, 0.25) is 0 Å². The van der Waals surface area contributed by atoms with E-state index >= 15 is 0 Å². The molecular formula is C11H19NS. The molecule has 1 heterocycles. The van der Waals surface area contributed by atoms with E-state index in [0.717, 1.165) is 0 Å². The van der Waals surface area contributed by atoms with Gasteiger partial charge in [-0.3, -0.25) is 0 Å². The van der Waals surface area contributed by atoms with Crippen LogP contribution < -0.4 is 0 Å². The molecule has 74 valence electrons. The first-order chi connectivity index (χ1) is 6.12. The summed E-state index contributed by atoms with van der Waals surface area (Å²) < 4.78 is 0. The largest absolute Gasteiger partial charge is 0.373 e. The Morgan fingerprint density at radius 1 is 1.31 bits per heavy atom. The number of nitrogens with zero attached hydrogens (tertiary/aromatic N) is 1. The third-order valence-corrected chi connectivity index (χ3v) is 4.90. The number of allylic oxidation sites excluding steroid dienone is 1. The molecular weight excluding hydrogens is 178 g/mol. The Labute approximate surface area is 83.7 Å². The Bertz CT molecular complexity index is 243. The summed E-state index contributed by atoms with van der Waals surface area (Å²) >= 11 is 0. The highest BCUT2D eigenvalue weighted by Crippen LogP contribution is 2.51. The van der Waals surface area contributed by atoms with Gasteiger partial charge < -0.3 is 4.90 Å². The average Bonchev–Trinajstić information content (AvgIpc) is 2.85. The first-order valence-corrected chi connectivity index (χ1v) is 6.76. The number of hydrogen-bond acceptors (Lipinski definition) is 1. The van der Waals surface area contributed by atoms with Gasteiger partial charge in [-0.1, -0.05) is 19.4 Å². The minimum absolute atomic E-state index is 0.433. The molecule has 1 nitrogen and oxygen atoms in total. The summed E-state index contributed by atoms with van der Waals surface area (Å²) in [7, 11) is 0.433. The second-order valence-electron chi connectivity index (χ2n) is 4.52. The molecule has 1 aliphatic heterocycles. The van der Waals surface area contributed by atoms with Crippen molar-refractivity contribution in [2.75, 3.05) is 24.6 Å². The van der Waals surface area contributed by atoms with E-state index in [0.29, 0.717) is 15.9 Å². The maximum Gasteiger partial charge on any atom is 0.0261 e. The molecule has 2 heteroatoms. The van der Waals surface area contributed by atoms with Gasteiger partial charge in [0.1, 0.15) is 0 Å². The van der Waals surface area contributed by atoms with Gasteiger partial charge in [0, 0.05) is 35.7 Å². The maximum absolute atomic E-state index is 4.25. The zero-order chi connectivity index (χ0) is 9.47. The van der Waals surface area contributed by atoms with Crippen molar-refractivity contribution in [1.29, 1.82) is 0 Å². The van der Waals surface area contributed by atoms with Gasteiger partial charge in [0.05, 0.1) is 0 Å². The standard InChI is InChI=1S/C11H19NS/c1-10(11(2)4-5-11)12-6-8-13(3)9-7-12/h1,3-9H2,2H3. The highest BCUT2D eigenvalue weighted by Gasteiger charge is 2.42. The smallest absolute Gasteiger partial charge is 0.0261 e. The second-order valence-corrected chi connectivity index (χ2v) is 6.56. The van der Waals surface area contributed by atoms with Crippen LogP contribution in [0, 0.1) is 5.41 Å². The molecule has 0 radical (unpaired) electrons. The normalized spacial score (nSPS) is 27.3. The van der Waals surface area contributed by atoms with Crippen molar-refractivity contribution in [1.82, 2.24) is 4.90 Å². The summed E-state index contributed by atoms with van der Waals surface area (Å²) in [6.07, 6.45) is 2.69. The lowest BCUT2D eigenvalue weighted by Crippen LogP contribution is -2.35. The molecule has 0 N–H and O–H groups in total. The Kier molecular flexibility index (Phi) is 2.26. The van der Waals surface area contributed by atoms with Gasteiger partial charge in [-0.2, -0.15) is 10.5 Å². The summed E-state index contributed by atoms with van der Waals surface area (Å²) in [5, 5.41) is 0. The summed E-state index contributed by atoms with van der Waals surface area (Å²) in [4.78, 5) is 2.49. The summed E-state index contributed by atoms with van der Waals surface area (Å²) in [6.45, 7) is 8.98. The van der Waals surface area contributed by atoms with Crippen LogP contribution in [0.1, 0.15) is 19.8 Å². The molecule has 0 unspecified atom stereocenters. The van der Waals surface area contributed by atoms with Crippen LogP contribution in [0.2, 0.25) is 0 Å². The van der Waals surface area contributed by atoms with Crippen LogP contribution in [-0.2, 0) is 0 Å². The Hall–Kier alpha value is -0.240. The fraction of sp³-hybridized carbons (Fsp3) is 0.727. The second kappa shape index (κ2) is 3.16. The van der Waals surface area contributed by atoms with Crippen LogP contribution in [0.3, 0.4) is 0 Å². The van der Waals surface area contributed by atoms with Crippen molar-refractivity contribution >= 4 is 16.4 Å². The molecule has 1 saturated carbocycles. The molecule has 0 aromatic heterocycles.